The first kappa shape index (κ1) is 17.5. The minimum Gasteiger partial charge on any atom is -0.386 e. The van der Waals surface area contributed by atoms with Gasteiger partial charge in [0, 0.05) is 0 Å². The third-order valence-corrected chi connectivity index (χ3v) is 8.18. The Morgan fingerprint density at radius 2 is 1.75 bits per heavy atom. The van der Waals surface area contributed by atoms with Crippen LogP contribution in [-0.2, 0) is 0 Å². The maximum Gasteiger partial charge on any atom is 0.166 e. The Labute approximate surface area is 148 Å². The number of hydrogen-bond donors (Lipinski definition) is 1. The SMILES string of the molecule is CC(C)(O)/C=C/C[C@H]1C[C@@]2(Cl)C(Cl)=C(Cl)[C@]1(Cl)C2(Cl)Cl. The number of fused-ring (bicyclic) bond motifs is 2. The molecule has 0 saturated heterocycles. The molecule has 1 nitrogen and oxygen atoms in total. The molecule has 20 heavy (non-hydrogen) atoms. The van der Waals surface area contributed by atoms with Gasteiger partial charge in [0.1, 0.15) is 9.75 Å². The van der Waals surface area contributed by atoms with Gasteiger partial charge in [-0.15, -0.1) is 23.2 Å². The molecule has 2 rings (SSSR count). The van der Waals surface area contributed by atoms with Gasteiger partial charge < -0.3 is 5.11 Å². The van der Waals surface area contributed by atoms with Gasteiger partial charge in [-0.2, -0.15) is 0 Å². The molecule has 2 aliphatic rings. The van der Waals surface area contributed by atoms with Crippen molar-refractivity contribution in [2.45, 2.75) is 46.4 Å². The Morgan fingerprint density at radius 3 is 2.15 bits per heavy atom. The third kappa shape index (κ3) is 2.24. The largest absolute Gasteiger partial charge is 0.386 e. The smallest absolute Gasteiger partial charge is 0.166 e. The molecule has 2 aliphatic carbocycles. The predicted molar refractivity (Wildman–Crippen MR) is 88.5 cm³/mol. The highest BCUT2D eigenvalue weighted by atomic mass is 35.5. The molecular formula is C13H14Cl6O. The zero-order valence-electron chi connectivity index (χ0n) is 10.9. The van der Waals surface area contributed by atoms with E-state index in [1.54, 1.807) is 19.9 Å². The van der Waals surface area contributed by atoms with Gasteiger partial charge in [-0.25, -0.2) is 0 Å². The number of hydrogen-bond acceptors (Lipinski definition) is 1. The summed E-state index contributed by atoms with van der Waals surface area (Å²) in [7, 11) is 0. The molecule has 3 atom stereocenters. The molecule has 1 fully saturated rings. The highest BCUT2D eigenvalue weighted by Crippen LogP contribution is 2.74. The van der Waals surface area contributed by atoms with Gasteiger partial charge in [0.05, 0.1) is 15.7 Å². The van der Waals surface area contributed by atoms with E-state index in [0.717, 1.165) is 0 Å². The topological polar surface area (TPSA) is 20.2 Å². The normalized spacial score (nSPS) is 40.1. The van der Waals surface area contributed by atoms with Crippen LogP contribution in [0.3, 0.4) is 0 Å². The van der Waals surface area contributed by atoms with Crippen LogP contribution in [0.5, 0.6) is 0 Å². The summed E-state index contributed by atoms with van der Waals surface area (Å²) >= 11 is 38.3. The molecule has 1 N–H and O–H groups in total. The Kier molecular flexibility index (Phi) is 4.46. The van der Waals surface area contributed by atoms with Crippen molar-refractivity contribution in [3.8, 4) is 0 Å². The first-order valence-electron chi connectivity index (χ1n) is 6.10. The highest BCUT2D eigenvalue weighted by Gasteiger charge is 2.77. The minimum atomic E-state index is -1.47. The minimum absolute atomic E-state index is 0.162. The second-order valence-corrected chi connectivity index (χ2v) is 9.23. The molecule has 2 bridgehead atoms. The van der Waals surface area contributed by atoms with Crippen molar-refractivity contribution in [1.82, 2.24) is 0 Å². The Hall–Kier alpha value is 1.18. The number of alkyl halides is 4. The fourth-order valence-electron chi connectivity index (χ4n) is 2.80. The van der Waals surface area contributed by atoms with Gasteiger partial charge in [-0.1, -0.05) is 58.6 Å². The summed E-state index contributed by atoms with van der Waals surface area (Å²) < 4.78 is -1.47. The fourth-order valence-corrected chi connectivity index (χ4v) is 5.65. The van der Waals surface area contributed by atoms with E-state index in [1.165, 1.54) is 0 Å². The van der Waals surface area contributed by atoms with Crippen LogP contribution in [0.1, 0.15) is 26.7 Å². The predicted octanol–water partition coefficient (Wildman–Crippen LogP) is 5.56. The monoisotopic (exact) mass is 396 g/mol. The van der Waals surface area contributed by atoms with Gasteiger partial charge in [0.15, 0.2) is 4.33 Å². The van der Waals surface area contributed by atoms with Gasteiger partial charge in [-0.3, -0.25) is 0 Å². The van der Waals surface area contributed by atoms with Crippen molar-refractivity contribution >= 4 is 69.6 Å². The Morgan fingerprint density at radius 1 is 1.20 bits per heavy atom. The van der Waals surface area contributed by atoms with E-state index in [1.807, 2.05) is 6.08 Å². The Bertz CT molecular complexity index is 492. The number of rotatable bonds is 3. The van der Waals surface area contributed by atoms with Crippen molar-refractivity contribution < 1.29 is 5.11 Å². The zero-order chi connectivity index (χ0) is 15.6. The summed E-state index contributed by atoms with van der Waals surface area (Å²) in [5.74, 6) is -0.162. The molecular weight excluding hydrogens is 385 g/mol. The second-order valence-electron chi connectivity index (χ2n) is 5.91. The van der Waals surface area contributed by atoms with E-state index in [9.17, 15) is 5.11 Å². The van der Waals surface area contributed by atoms with Crippen LogP contribution in [0.15, 0.2) is 22.2 Å². The second kappa shape index (κ2) is 5.09. The summed E-state index contributed by atoms with van der Waals surface area (Å²) in [4.78, 5) is -2.37. The fraction of sp³-hybridized carbons (Fsp3) is 0.692. The van der Waals surface area contributed by atoms with E-state index in [4.69, 9.17) is 69.6 Å². The highest BCUT2D eigenvalue weighted by molar-refractivity contribution is 6.65. The van der Waals surface area contributed by atoms with Crippen LogP contribution in [0.2, 0.25) is 0 Å². The van der Waals surface area contributed by atoms with Gasteiger partial charge in [0.25, 0.3) is 0 Å². The standard InChI is InChI=1S/C13H14Cl6O/c1-10(2,20)5-3-4-7-6-11(16)8(14)9(15)12(7,17)13(11,18)19/h3,5,7,20H,4,6H2,1-2H3/b5-3+/t7-,11+,12-/m0/s1. The lowest BCUT2D eigenvalue weighted by atomic mass is 9.88. The average Bonchev–Trinajstić information content (AvgIpc) is 2.50. The van der Waals surface area contributed by atoms with Crippen molar-refractivity contribution in [3.63, 3.8) is 0 Å². The summed E-state index contributed by atoms with van der Waals surface area (Å²) in [5.41, 5.74) is -0.897. The van der Waals surface area contributed by atoms with E-state index < -0.39 is 19.7 Å². The maximum atomic E-state index is 9.68. The van der Waals surface area contributed by atoms with Crippen LogP contribution in [0.25, 0.3) is 0 Å². The van der Waals surface area contributed by atoms with Crippen LogP contribution < -0.4 is 0 Å². The molecule has 1 saturated carbocycles. The first-order valence-corrected chi connectivity index (χ1v) is 8.36. The number of allylic oxidation sites excluding steroid dienone is 3. The number of halogens is 6. The molecule has 0 aromatic carbocycles. The van der Waals surface area contributed by atoms with Crippen LogP contribution in [-0.4, -0.2) is 24.8 Å². The van der Waals surface area contributed by atoms with Crippen molar-refractivity contribution in [3.05, 3.63) is 22.2 Å². The lowest BCUT2D eigenvalue weighted by molar-refractivity contribution is 0.132. The molecule has 0 spiro atoms. The van der Waals surface area contributed by atoms with E-state index >= 15 is 0 Å². The molecule has 0 aromatic heterocycles. The maximum absolute atomic E-state index is 9.68. The molecule has 0 unspecified atom stereocenters. The van der Waals surface area contributed by atoms with Gasteiger partial charge in [0.2, 0.25) is 0 Å². The van der Waals surface area contributed by atoms with Crippen LogP contribution in [0.4, 0.5) is 0 Å². The number of aliphatic hydroxyl groups is 1. The van der Waals surface area contributed by atoms with E-state index in [-0.39, 0.29) is 16.0 Å². The summed E-state index contributed by atoms with van der Waals surface area (Å²) in [6, 6.07) is 0. The zero-order valence-corrected chi connectivity index (χ0v) is 15.4. The van der Waals surface area contributed by atoms with E-state index in [2.05, 4.69) is 0 Å². The molecule has 7 heteroatoms. The molecule has 0 aromatic rings. The molecule has 0 radical (unpaired) electrons. The molecule has 114 valence electrons. The van der Waals surface area contributed by atoms with Crippen molar-refractivity contribution in [2.75, 3.05) is 0 Å². The van der Waals surface area contributed by atoms with Gasteiger partial charge >= 0.3 is 0 Å². The van der Waals surface area contributed by atoms with Gasteiger partial charge in [-0.05, 0) is 32.6 Å². The summed E-state index contributed by atoms with van der Waals surface area (Å²) in [6.07, 6.45) is 4.49. The molecule has 0 amide bonds. The van der Waals surface area contributed by atoms with Crippen LogP contribution in [0, 0.1) is 5.92 Å². The summed E-state index contributed by atoms with van der Waals surface area (Å²) in [6.45, 7) is 3.36. The van der Waals surface area contributed by atoms with E-state index in [0.29, 0.717) is 12.8 Å². The van der Waals surface area contributed by atoms with Crippen LogP contribution >= 0.6 is 69.6 Å². The lowest BCUT2D eigenvalue weighted by Crippen LogP contribution is -2.44. The molecule has 0 aliphatic heterocycles. The average molecular weight is 399 g/mol. The third-order valence-electron chi connectivity index (χ3n) is 3.85. The Balaban J connectivity index is 2.31. The van der Waals surface area contributed by atoms with Crippen molar-refractivity contribution in [2.24, 2.45) is 5.92 Å². The quantitative estimate of drug-likeness (QED) is 0.487. The lowest BCUT2D eigenvalue weighted by Gasteiger charge is -2.33. The molecule has 0 heterocycles. The van der Waals surface area contributed by atoms with Crippen molar-refractivity contribution in [1.29, 1.82) is 0 Å². The summed E-state index contributed by atoms with van der Waals surface area (Å²) in [5, 5.41) is 10.1. The first-order chi connectivity index (χ1) is 8.88.